The molecule has 0 bridgehead atoms. The molecule has 2 unspecified atom stereocenters. The predicted octanol–water partition coefficient (Wildman–Crippen LogP) is 0.379. The van der Waals surface area contributed by atoms with Crippen molar-refractivity contribution in [1.29, 1.82) is 0 Å². The van der Waals surface area contributed by atoms with E-state index in [2.05, 4.69) is 16.7 Å². The van der Waals surface area contributed by atoms with Gasteiger partial charge in [0.05, 0.1) is 19.3 Å². The van der Waals surface area contributed by atoms with Gasteiger partial charge in [-0.1, -0.05) is 11.8 Å². The second-order valence-corrected chi connectivity index (χ2v) is 7.08. The number of halogens is 2. The van der Waals surface area contributed by atoms with Crippen molar-refractivity contribution >= 4 is 11.8 Å². The number of hydrogen-bond acceptors (Lipinski definition) is 6. The highest BCUT2D eigenvalue weighted by Gasteiger charge is 2.46. The van der Waals surface area contributed by atoms with Crippen molar-refractivity contribution in [3.05, 3.63) is 35.4 Å². The van der Waals surface area contributed by atoms with Crippen LogP contribution in [0.1, 0.15) is 29.8 Å². The van der Waals surface area contributed by atoms with Gasteiger partial charge in [0.25, 0.3) is 18.2 Å². The van der Waals surface area contributed by atoms with E-state index in [0.29, 0.717) is 25.7 Å². The van der Waals surface area contributed by atoms with Crippen molar-refractivity contribution in [2.75, 3.05) is 26.3 Å². The van der Waals surface area contributed by atoms with Crippen LogP contribution in [0.5, 0.6) is 0 Å². The van der Waals surface area contributed by atoms with Crippen LogP contribution in [0.15, 0.2) is 24.3 Å². The largest absolute Gasteiger partial charge is 0.381 e. The summed E-state index contributed by atoms with van der Waals surface area (Å²) in [5, 5.41) is 20.6. The number of rotatable bonds is 6. The lowest BCUT2D eigenvalue weighted by molar-refractivity contribution is -0.149. The lowest BCUT2D eigenvalue weighted by Gasteiger charge is -2.30. The zero-order valence-corrected chi connectivity index (χ0v) is 16.7. The third-order valence-electron chi connectivity index (χ3n) is 4.84. The molecule has 30 heavy (non-hydrogen) atoms. The summed E-state index contributed by atoms with van der Waals surface area (Å²) >= 11 is 0. The van der Waals surface area contributed by atoms with Gasteiger partial charge in [0.1, 0.15) is 6.04 Å². The average molecular weight is 425 g/mol. The minimum atomic E-state index is -3.34. The Hall–Kier alpha value is -2.58. The maximum absolute atomic E-state index is 13.1. The molecule has 1 aromatic rings. The van der Waals surface area contributed by atoms with Crippen molar-refractivity contribution in [3.63, 3.8) is 0 Å². The molecule has 0 aromatic heterocycles. The molecular weight excluding hydrogens is 400 g/mol. The number of aliphatic hydroxyl groups is 1. The highest BCUT2D eigenvalue weighted by Crippen LogP contribution is 2.20. The number of amides is 2. The number of hydrogen-bond donors (Lipinski definition) is 4. The molecule has 1 saturated heterocycles. The fourth-order valence-corrected chi connectivity index (χ4v) is 2.83. The summed E-state index contributed by atoms with van der Waals surface area (Å²) < 4.78 is 31.4. The van der Waals surface area contributed by atoms with Crippen LogP contribution in [0.4, 0.5) is 8.78 Å². The number of morpholine rings is 1. The van der Waals surface area contributed by atoms with Crippen LogP contribution in [0.25, 0.3) is 0 Å². The van der Waals surface area contributed by atoms with E-state index in [4.69, 9.17) is 9.94 Å². The van der Waals surface area contributed by atoms with E-state index in [-0.39, 0.29) is 11.6 Å². The van der Waals surface area contributed by atoms with E-state index in [9.17, 15) is 23.5 Å². The summed E-state index contributed by atoms with van der Waals surface area (Å²) in [4.78, 5) is 26.2. The number of alkyl halides is 2. The second kappa shape index (κ2) is 10.4. The Morgan fingerprint density at radius 3 is 2.37 bits per heavy atom. The van der Waals surface area contributed by atoms with Crippen LogP contribution in [-0.2, 0) is 9.53 Å². The first-order chi connectivity index (χ1) is 14.2. The SMILES string of the molecule is CC(C#Cc1ccc(C(=O)NC(C(=O)NO)[C@](C)(O)C(F)F)cc1)N1CCOCC1. The van der Waals surface area contributed by atoms with Gasteiger partial charge < -0.3 is 15.2 Å². The smallest absolute Gasteiger partial charge is 0.269 e. The minimum Gasteiger partial charge on any atom is -0.381 e. The van der Waals surface area contributed by atoms with E-state index in [1.807, 2.05) is 12.2 Å². The summed E-state index contributed by atoms with van der Waals surface area (Å²) in [5.74, 6) is 3.90. The molecular formula is C20H25F2N3O5. The maximum atomic E-state index is 13.1. The molecule has 0 saturated carbocycles. The van der Waals surface area contributed by atoms with E-state index in [0.717, 1.165) is 13.1 Å². The molecule has 1 aliphatic rings. The number of hydroxylamine groups is 1. The summed E-state index contributed by atoms with van der Waals surface area (Å²) in [5.41, 5.74) is -0.995. The number of ether oxygens (including phenoxy) is 1. The first-order valence-electron chi connectivity index (χ1n) is 9.35. The summed E-state index contributed by atoms with van der Waals surface area (Å²) in [6.45, 7) is 5.63. The van der Waals surface area contributed by atoms with Crippen LogP contribution in [0, 0.1) is 11.8 Å². The quantitative estimate of drug-likeness (QED) is 0.298. The third-order valence-corrected chi connectivity index (χ3v) is 4.84. The molecule has 10 heteroatoms. The topological polar surface area (TPSA) is 111 Å². The highest BCUT2D eigenvalue weighted by atomic mass is 19.3. The molecule has 1 aliphatic heterocycles. The van der Waals surface area contributed by atoms with Crippen LogP contribution in [-0.4, -0.2) is 77.4 Å². The molecule has 0 aliphatic carbocycles. The van der Waals surface area contributed by atoms with E-state index in [1.54, 1.807) is 12.1 Å². The van der Waals surface area contributed by atoms with E-state index in [1.165, 1.54) is 17.6 Å². The van der Waals surface area contributed by atoms with Crippen LogP contribution in [0.2, 0.25) is 0 Å². The van der Waals surface area contributed by atoms with Crippen molar-refractivity contribution in [2.24, 2.45) is 0 Å². The van der Waals surface area contributed by atoms with Gasteiger partial charge in [0.15, 0.2) is 5.60 Å². The Kier molecular flexibility index (Phi) is 8.25. The lowest BCUT2D eigenvalue weighted by Crippen LogP contribution is -2.61. The Morgan fingerprint density at radius 2 is 1.83 bits per heavy atom. The van der Waals surface area contributed by atoms with Crippen molar-refractivity contribution in [1.82, 2.24) is 15.7 Å². The maximum Gasteiger partial charge on any atom is 0.269 e. The molecule has 164 valence electrons. The molecule has 8 nitrogen and oxygen atoms in total. The van der Waals surface area contributed by atoms with Gasteiger partial charge in [-0.3, -0.25) is 19.7 Å². The van der Waals surface area contributed by atoms with Crippen molar-refractivity contribution in [3.8, 4) is 11.8 Å². The van der Waals surface area contributed by atoms with Gasteiger partial charge >= 0.3 is 0 Å². The van der Waals surface area contributed by atoms with Crippen molar-refractivity contribution < 1.29 is 33.4 Å². The third kappa shape index (κ3) is 5.96. The van der Waals surface area contributed by atoms with E-state index < -0.39 is 29.9 Å². The number of benzene rings is 1. The Labute approximate surface area is 173 Å². The van der Waals surface area contributed by atoms with Gasteiger partial charge in [0, 0.05) is 24.2 Å². The molecule has 1 fully saturated rings. The molecule has 0 spiro atoms. The van der Waals surface area contributed by atoms with Gasteiger partial charge in [-0.05, 0) is 38.1 Å². The molecule has 4 N–H and O–H groups in total. The van der Waals surface area contributed by atoms with Gasteiger partial charge in [-0.2, -0.15) is 0 Å². The second-order valence-electron chi connectivity index (χ2n) is 7.08. The van der Waals surface area contributed by atoms with Crippen LogP contribution < -0.4 is 10.8 Å². The van der Waals surface area contributed by atoms with E-state index >= 15 is 0 Å². The molecule has 1 aromatic carbocycles. The fourth-order valence-electron chi connectivity index (χ4n) is 2.83. The first kappa shape index (κ1) is 23.7. The Balaban J connectivity index is 2.07. The highest BCUT2D eigenvalue weighted by molar-refractivity contribution is 5.97. The molecule has 1 heterocycles. The average Bonchev–Trinajstić information content (AvgIpc) is 2.75. The number of nitrogens with zero attached hydrogens (tertiary/aromatic N) is 1. The Morgan fingerprint density at radius 1 is 1.23 bits per heavy atom. The van der Waals surface area contributed by atoms with Gasteiger partial charge in [-0.15, -0.1) is 0 Å². The molecule has 0 radical (unpaired) electrons. The summed E-state index contributed by atoms with van der Waals surface area (Å²) in [6.07, 6.45) is -3.34. The van der Waals surface area contributed by atoms with Crippen LogP contribution >= 0.6 is 0 Å². The standard InChI is InChI=1S/C20H25F2N3O5/c1-13(25-9-11-30-12-10-25)3-4-14-5-7-15(8-6-14)17(26)23-16(18(27)24-29)20(2,28)19(21)22/h5-8,13,16,19,28-29H,9-12H2,1-2H3,(H,23,26)(H,24,27)/t13?,16?,20-/m0/s1. The van der Waals surface area contributed by atoms with Crippen LogP contribution in [0.3, 0.4) is 0 Å². The number of carbonyl (C=O) groups is 2. The summed E-state index contributed by atoms with van der Waals surface area (Å²) in [7, 11) is 0. The zero-order chi connectivity index (χ0) is 22.3. The summed E-state index contributed by atoms with van der Waals surface area (Å²) in [6, 6.07) is 3.98. The molecule has 3 atom stereocenters. The first-order valence-corrected chi connectivity index (χ1v) is 9.35. The number of nitrogens with one attached hydrogen (secondary N) is 2. The fraction of sp³-hybridized carbons (Fsp3) is 0.500. The minimum absolute atomic E-state index is 0.0335. The van der Waals surface area contributed by atoms with Gasteiger partial charge in [-0.25, -0.2) is 14.3 Å². The molecule has 2 rings (SSSR count). The molecule has 2 amide bonds. The van der Waals surface area contributed by atoms with Crippen molar-refractivity contribution in [2.45, 2.75) is 38.0 Å². The Bertz CT molecular complexity index is 799. The lowest BCUT2D eigenvalue weighted by atomic mass is 9.95. The van der Waals surface area contributed by atoms with Gasteiger partial charge in [0.2, 0.25) is 0 Å². The predicted molar refractivity (Wildman–Crippen MR) is 103 cm³/mol. The zero-order valence-electron chi connectivity index (χ0n) is 16.7. The number of carbonyl (C=O) groups excluding carboxylic acids is 2. The normalized spacial score (nSPS) is 18.5. The monoisotopic (exact) mass is 425 g/mol.